The van der Waals surface area contributed by atoms with Crippen LogP contribution < -0.4 is 5.32 Å². The van der Waals surface area contributed by atoms with Gasteiger partial charge in [0.2, 0.25) is 5.91 Å². The molecule has 0 aliphatic rings. The molecule has 0 aliphatic carbocycles. The summed E-state index contributed by atoms with van der Waals surface area (Å²) in [7, 11) is 1.53. The van der Waals surface area contributed by atoms with Crippen LogP contribution in [-0.4, -0.2) is 29.9 Å². The molecule has 0 aromatic rings. The summed E-state index contributed by atoms with van der Waals surface area (Å²) in [6.07, 6.45) is -0.295. The second-order valence-corrected chi connectivity index (χ2v) is 2.71. The fraction of sp³-hybridized carbons (Fsp3) is 0.750. The lowest BCUT2D eigenvalue weighted by atomic mass is 9.96. The molecule has 2 atom stereocenters. The van der Waals surface area contributed by atoms with Gasteiger partial charge < -0.3 is 15.8 Å². The Bertz CT molecular complexity index is 178. The molecule has 0 aromatic carbocycles. The molecule has 0 saturated heterocycles. The van der Waals surface area contributed by atoms with Crippen LogP contribution in [0.1, 0.15) is 20.3 Å². The number of rotatable bonds is 4. The van der Waals surface area contributed by atoms with Crippen LogP contribution in [0.15, 0.2) is 0 Å². The first-order valence-corrected chi connectivity index (χ1v) is 4.02. The van der Waals surface area contributed by atoms with Crippen molar-refractivity contribution in [2.24, 2.45) is 5.92 Å². The summed E-state index contributed by atoms with van der Waals surface area (Å²) in [5, 5.41) is 18.9. The molecule has 0 aliphatic heterocycles. The van der Waals surface area contributed by atoms with Gasteiger partial charge in [-0.3, -0.25) is 4.79 Å². The van der Waals surface area contributed by atoms with Gasteiger partial charge in [0, 0.05) is 12.8 Å². The first kappa shape index (κ1) is 11.1. The van der Waals surface area contributed by atoms with E-state index in [4.69, 9.17) is 10.5 Å². The molecule has 0 bridgehead atoms. The van der Waals surface area contributed by atoms with Gasteiger partial charge in [-0.05, 0) is 13.3 Å². The molecule has 3 N–H and O–H groups in total. The van der Waals surface area contributed by atoms with Gasteiger partial charge in [-0.25, -0.2) is 0 Å². The number of carbonyl (C=O) groups is 1. The Kier molecular flexibility index (Phi) is 4.51. The molecule has 70 valence electrons. The highest BCUT2D eigenvalue weighted by Gasteiger charge is 2.22. The van der Waals surface area contributed by atoms with E-state index in [1.165, 1.54) is 14.0 Å². The molecule has 12 heavy (non-hydrogen) atoms. The standard InChI is InChI=1S/C8H16N2O2/c1-4-6(8(12)10-3)7(9)5(2)11/h5-6,9,11H,4H2,1-3H3,(H,10,12). The lowest BCUT2D eigenvalue weighted by Gasteiger charge is -2.16. The molecule has 0 saturated carbocycles. The number of aliphatic hydroxyl groups is 1. The molecular formula is C8H16N2O2. The molecule has 4 heteroatoms. The normalized spacial score (nSPS) is 15.0. The van der Waals surface area contributed by atoms with E-state index >= 15 is 0 Å². The van der Waals surface area contributed by atoms with Crippen LogP contribution in [0.3, 0.4) is 0 Å². The Balaban J connectivity index is 4.34. The monoisotopic (exact) mass is 172 g/mol. The predicted octanol–water partition coefficient (Wildman–Crippen LogP) is 0.159. The highest BCUT2D eigenvalue weighted by Crippen LogP contribution is 2.07. The number of nitrogens with one attached hydrogen (secondary N) is 2. The SMILES string of the molecule is CCC(C(=N)C(C)O)C(=O)NC. The number of hydrogen-bond acceptors (Lipinski definition) is 3. The fourth-order valence-corrected chi connectivity index (χ4v) is 1.01. The lowest BCUT2D eigenvalue weighted by molar-refractivity contribution is -0.122. The summed E-state index contributed by atoms with van der Waals surface area (Å²) in [5.74, 6) is -0.696. The van der Waals surface area contributed by atoms with Gasteiger partial charge in [-0.15, -0.1) is 0 Å². The summed E-state index contributed by atoms with van der Waals surface area (Å²) < 4.78 is 0. The average Bonchev–Trinajstić information content (AvgIpc) is 2.05. The van der Waals surface area contributed by atoms with Crippen molar-refractivity contribution in [3.63, 3.8) is 0 Å². The third kappa shape index (κ3) is 2.62. The third-order valence-corrected chi connectivity index (χ3v) is 1.80. The summed E-state index contributed by atoms with van der Waals surface area (Å²) in [4.78, 5) is 11.1. The highest BCUT2D eigenvalue weighted by molar-refractivity contribution is 6.04. The lowest BCUT2D eigenvalue weighted by Crippen LogP contribution is -2.36. The molecule has 4 nitrogen and oxygen atoms in total. The third-order valence-electron chi connectivity index (χ3n) is 1.80. The zero-order valence-electron chi connectivity index (χ0n) is 7.72. The summed E-state index contributed by atoms with van der Waals surface area (Å²) in [5.41, 5.74) is 0.0804. The molecule has 0 aromatic heterocycles. The average molecular weight is 172 g/mol. The van der Waals surface area contributed by atoms with Crippen molar-refractivity contribution < 1.29 is 9.90 Å². The summed E-state index contributed by atoms with van der Waals surface area (Å²) >= 11 is 0. The van der Waals surface area contributed by atoms with Gasteiger partial charge in [0.15, 0.2) is 0 Å². The van der Waals surface area contributed by atoms with Crippen molar-refractivity contribution >= 4 is 11.6 Å². The van der Waals surface area contributed by atoms with Crippen LogP contribution in [0.2, 0.25) is 0 Å². The van der Waals surface area contributed by atoms with E-state index in [0.29, 0.717) is 6.42 Å². The quantitative estimate of drug-likeness (QED) is 0.528. The first-order valence-electron chi connectivity index (χ1n) is 4.02. The predicted molar refractivity (Wildman–Crippen MR) is 47.3 cm³/mol. The minimum atomic E-state index is -0.841. The number of aliphatic hydroxyl groups excluding tert-OH is 1. The van der Waals surface area contributed by atoms with E-state index in [2.05, 4.69) is 5.32 Å². The molecule has 0 spiro atoms. The topological polar surface area (TPSA) is 73.2 Å². The summed E-state index contributed by atoms with van der Waals surface area (Å²) in [6, 6.07) is 0. The van der Waals surface area contributed by atoms with Crippen LogP contribution in [0, 0.1) is 11.3 Å². The fourth-order valence-electron chi connectivity index (χ4n) is 1.01. The largest absolute Gasteiger partial charge is 0.387 e. The van der Waals surface area contributed by atoms with Gasteiger partial charge in [0.1, 0.15) is 0 Å². The maximum absolute atomic E-state index is 11.1. The van der Waals surface area contributed by atoms with Gasteiger partial charge in [-0.2, -0.15) is 0 Å². The van der Waals surface area contributed by atoms with E-state index in [1.807, 2.05) is 6.92 Å². The molecule has 1 amide bonds. The zero-order chi connectivity index (χ0) is 9.72. The highest BCUT2D eigenvalue weighted by atomic mass is 16.3. The first-order chi connectivity index (χ1) is 5.54. The van der Waals surface area contributed by atoms with Gasteiger partial charge >= 0.3 is 0 Å². The number of amides is 1. The van der Waals surface area contributed by atoms with Crippen molar-refractivity contribution in [1.29, 1.82) is 5.41 Å². The second-order valence-electron chi connectivity index (χ2n) is 2.71. The van der Waals surface area contributed by atoms with E-state index in [-0.39, 0.29) is 11.6 Å². The maximum atomic E-state index is 11.1. The van der Waals surface area contributed by atoms with Crippen molar-refractivity contribution in [3.05, 3.63) is 0 Å². The van der Waals surface area contributed by atoms with Gasteiger partial charge in [-0.1, -0.05) is 6.92 Å². The molecular weight excluding hydrogens is 156 g/mol. The minimum absolute atomic E-state index is 0.0804. The Morgan fingerprint density at radius 3 is 2.42 bits per heavy atom. The van der Waals surface area contributed by atoms with Crippen molar-refractivity contribution in [3.8, 4) is 0 Å². The Labute approximate surface area is 72.5 Å². The van der Waals surface area contributed by atoms with E-state index in [0.717, 1.165) is 0 Å². The second kappa shape index (κ2) is 4.87. The zero-order valence-corrected chi connectivity index (χ0v) is 7.72. The molecule has 0 rings (SSSR count). The van der Waals surface area contributed by atoms with Gasteiger partial charge in [0.25, 0.3) is 0 Å². The number of carbonyl (C=O) groups excluding carboxylic acids is 1. The minimum Gasteiger partial charge on any atom is -0.387 e. The van der Waals surface area contributed by atoms with Crippen molar-refractivity contribution in [2.45, 2.75) is 26.4 Å². The smallest absolute Gasteiger partial charge is 0.228 e. The van der Waals surface area contributed by atoms with Crippen molar-refractivity contribution in [2.75, 3.05) is 7.05 Å². The van der Waals surface area contributed by atoms with Crippen LogP contribution in [0.25, 0.3) is 0 Å². The number of hydrogen-bond donors (Lipinski definition) is 3. The molecule has 0 fully saturated rings. The van der Waals surface area contributed by atoms with Crippen molar-refractivity contribution in [1.82, 2.24) is 5.32 Å². The maximum Gasteiger partial charge on any atom is 0.228 e. The van der Waals surface area contributed by atoms with Crippen LogP contribution >= 0.6 is 0 Å². The Morgan fingerprint density at radius 1 is 1.67 bits per heavy atom. The van der Waals surface area contributed by atoms with E-state index < -0.39 is 12.0 Å². The Morgan fingerprint density at radius 2 is 2.17 bits per heavy atom. The Hall–Kier alpha value is -0.900. The van der Waals surface area contributed by atoms with Gasteiger partial charge in [0.05, 0.1) is 12.0 Å². The molecule has 0 heterocycles. The van der Waals surface area contributed by atoms with E-state index in [1.54, 1.807) is 0 Å². The van der Waals surface area contributed by atoms with Crippen LogP contribution in [0.4, 0.5) is 0 Å². The summed E-state index contributed by atoms with van der Waals surface area (Å²) in [6.45, 7) is 3.31. The molecule has 0 radical (unpaired) electrons. The van der Waals surface area contributed by atoms with Crippen LogP contribution in [0.5, 0.6) is 0 Å². The molecule has 2 unspecified atom stereocenters. The van der Waals surface area contributed by atoms with E-state index in [9.17, 15) is 4.79 Å². The van der Waals surface area contributed by atoms with Crippen LogP contribution in [-0.2, 0) is 4.79 Å².